The predicted molar refractivity (Wildman–Crippen MR) is 110 cm³/mol. The van der Waals surface area contributed by atoms with E-state index < -0.39 is 0 Å². The van der Waals surface area contributed by atoms with Crippen LogP contribution in [0.3, 0.4) is 0 Å². The van der Waals surface area contributed by atoms with Crippen molar-refractivity contribution in [3.8, 4) is 0 Å². The van der Waals surface area contributed by atoms with Gasteiger partial charge < -0.3 is 15.4 Å². The summed E-state index contributed by atoms with van der Waals surface area (Å²) in [5.74, 6) is 3.84. The molecule has 4 nitrogen and oxygen atoms in total. The van der Waals surface area contributed by atoms with Crippen LogP contribution in [0.4, 0.5) is 0 Å². The second-order valence-electron chi connectivity index (χ2n) is 4.93. The van der Waals surface area contributed by atoms with Gasteiger partial charge in [0.2, 0.25) is 5.91 Å². The maximum atomic E-state index is 11.5. The molecule has 1 unspecified atom stereocenters. The highest BCUT2D eigenvalue weighted by molar-refractivity contribution is 8.76. The van der Waals surface area contributed by atoms with Gasteiger partial charge in [-0.05, 0) is 19.8 Å². The van der Waals surface area contributed by atoms with Crippen molar-refractivity contribution in [2.75, 3.05) is 31.4 Å². The van der Waals surface area contributed by atoms with Crippen molar-refractivity contribution in [1.29, 1.82) is 0 Å². The summed E-state index contributed by atoms with van der Waals surface area (Å²) in [7, 11) is 5.59. The van der Waals surface area contributed by atoms with Crippen molar-refractivity contribution < 1.29 is 9.53 Å². The number of unbranched alkanes of at least 4 members (excludes halogenated alkanes) is 1. The highest BCUT2D eigenvalue weighted by Crippen LogP contribution is 2.20. The quantitative estimate of drug-likeness (QED) is 0.127. The summed E-state index contributed by atoms with van der Waals surface area (Å²) < 4.78 is 5.53. The van der Waals surface area contributed by atoms with Gasteiger partial charge in [0.15, 0.2) is 0 Å². The fraction of sp³-hybridized carbons (Fsp3) is 0.800. The number of hydrogen-bond donors (Lipinski definition) is 3. The Morgan fingerprint density at radius 3 is 2.96 bits per heavy atom. The van der Waals surface area contributed by atoms with Gasteiger partial charge in [0.1, 0.15) is 13.2 Å². The van der Waals surface area contributed by atoms with Gasteiger partial charge in [-0.2, -0.15) is 12.6 Å². The van der Waals surface area contributed by atoms with Crippen LogP contribution in [0.2, 0.25) is 6.32 Å². The van der Waals surface area contributed by atoms with Gasteiger partial charge in [-0.15, -0.1) is 5.98 Å². The Morgan fingerprint density at radius 1 is 1.39 bits per heavy atom. The van der Waals surface area contributed by atoms with E-state index in [1.807, 2.05) is 19.0 Å². The van der Waals surface area contributed by atoms with Gasteiger partial charge >= 0.3 is 0 Å². The average Bonchev–Trinajstić information content (AvgIpc) is 2.52. The number of thiol groups is 1. The van der Waals surface area contributed by atoms with Crippen LogP contribution in [0, 0.1) is 0 Å². The van der Waals surface area contributed by atoms with Crippen molar-refractivity contribution in [3.63, 3.8) is 0 Å². The first-order valence-electron chi connectivity index (χ1n) is 8.15. The van der Waals surface area contributed by atoms with E-state index in [0.29, 0.717) is 18.9 Å². The fourth-order valence-electron chi connectivity index (χ4n) is 1.55. The first-order valence-corrected chi connectivity index (χ1v) is 11.2. The lowest BCUT2D eigenvalue weighted by molar-refractivity contribution is -0.121. The lowest BCUT2D eigenvalue weighted by Crippen LogP contribution is -2.23. The standard InChI is InChI=1S/C15H30BN2O2S3/c1-3-16-8-6-9-18-15(19)7-4-5-11-20-13-23-22-12-10-17-14(2)21/h6,8,14,17,21H,3-5,7,9-13H2,1-2H3,(H,18,19)/b8-6+. The molecule has 0 aromatic rings. The van der Waals surface area contributed by atoms with E-state index in [1.54, 1.807) is 21.6 Å². The third-order valence-electron chi connectivity index (χ3n) is 2.71. The smallest absolute Gasteiger partial charge is 0.220 e. The largest absolute Gasteiger partial charge is 0.370 e. The second kappa shape index (κ2) is 18.6. The number of ether oxygens (including phenoxy) is 1. The van der Waals surface area contributed by atoms with E-state index >= 15 is 0 Å². The zero-order valence-corrected chi connectivity index (χ0v) is 16.8. The zero-order chi connectivity index (χ0) is 17.2. The van der Waals surface area contributed by atoms with Crippen molar-refractivity contribution in [1.82, 2.24) is 10.6 Å². The predicted octanol–water partition coefficient (Wildman–Crippen LogP) is 3.15. The molecule has 1 amide bonds. The van der Waals surface area contributed by atoms with E-state index in [1.165, 1.54) is 0 Å². The number of rotatable bonds is 16. The molecule has 0 aromatic carbocycles. The lowest BCUT2D eigenvalue weighted by atomic mass is 9.75. The summed E-state index contributed by atoms with van der Waals surface area (Å²) in [5.41, 5.74) is 0. The number of nitrogens with one attached hydrogen (secondary N) is 2. The molecule has 0 aromatic heterocycles. The highest BCUT2D eigenvalue weighted by Gasteiger charge is 1.99. The van der Waals surface area contributed by atoms with Gasteiger partial charge in [0.05, 0.1) is 0 Å². The Bertz CT molecular complexity index is 308. The van der Waals surface area contributed by atoms with Crippen LogP contribution < -0.4 is 10.6 Å². The molecule has 0 spiro atoms. The van der Waals surface area contributed by atoms with Crippen molar-refractivity contribution in [3.05, 3.63) is 12.1 Å². The normalized spacial score (nSPS) is 12.5. The first-order chi connectivity index (χ1) is 11.2. The summed E-state index contributed by atoms with van der Waals surface area (Å²) in [4.78, 5) is 11.5. The van der Waals surface area contributed by atoms with Crippen LogP contribution >= 0.6 is 34.2 Å². The second-order valence-corrected chi connectivity index (χ2v) is 8.23. The molecule has 1 atom stereocenters. The summed E-state index contributed by atoms with van der Waals surface area (Å²) in [6.07, 6.45) is 5.36. The summed E-state index contributed by atoms with van der Waals surface area (Å²) in [6.45, 7) is 6.40. The third-order valence-corrected chi connectivity index (χ3v) is 4.98. The summed E-state index contributed by atoms with van der Waals surface area (Å²) in [5, 5.41) is 6.37. The van der Waals surface area contributed by atoms with Crippen molar-refractivity contribution in [2.24, 2.45) is 0 Å². The summed E-state index contributed by atoms with van der Waals surface area (Å²) in [6, 6.07) is 0. The first kappa shape index (κ1) is 23.2. The molecule has 0 aliphatic rings. The molecule has 0 bridgehead atoms. The van der Waals surface area contributed by atoms with Crippen LogP contribution in [0.5, 0.6) is 0 Å². The van der Waals surface area contributed by atoms with Gasteiger partial charge in [0.25, 0.3) is 0 Å². The Labute approximate surface area is 155 Å². The Morgan fingerprint density at radius 2 is 2.22 bits per heavy atom. The Kier molecular flexibility index (Phi) is 18.8. The Balaban J connectivity index is 3.19. The van der Waals surface area contributed by atoms with Crippen molar-refractivity contribution >= 4 is 47.4 Å². The molecule has 2 N–H and O–H groups in total. The SMILES string of the molecule is CC[B]/C=C/CNC(=O)CCCCOCSSCCNC(C)S. The monoisotopic (exact) mass is 377 g/mol. The highest BCUT2D eigenvalue weighted by atomic mass is 33.1. The van der Waals surface area contributed by atoms with Crippen LogP contribution in [-0.4, -0.2) is 49.9 Å². The van der Waals surface area contributed by atoms with Gasteiger partial charge in [-0.1, -0.05) is 40.9 Å². The molecule has 0 saturated heterocycles. The fourth-order valence-corrected chi connectivity index (χ4v) is 3.26. The molecule has 0 aliphatic heterocycles. The molecule has 23 heavy (non-hydrogen) atoms. The number of carbonyl (C=O) groups excluding carboxylic acids is 1. The lowest BCUT2D eigenvalue weighted by Gasteiger charge is -2.07. The van der Waals surface area contributed by atoms with Crippen LogP contribution in [0.15, 0.2) is 12.1 Å². The van der Waals surface area contributed by atoms with E-state index in [0.717, 1.165) is 38.1 Å². The topological polar surface area (TPSA) is 50.4 Å². The minimum absolute atomic E-state index is 0.113. The van der Waals surface area contributed by atoms with E-state index in [-0.39, 0.29) is 11.3 Å². The van der Waals surface area contributed by atoms with Gasteiger partial charge in [0, 0.05) is 37.2 Å². The molecule has 8 heteroatoms. The Hall–Kier alpha value is 0.245. The molecular weight excluding hydrogens is 347 g/mol. The minimum Gasteiger partial charge on any atom is -0.370 e. The van der Waals surface area contributed by atoms with Crippen molar-refractivity contribution in [2.45, 2.75) is 44.8 Å². The third kappa shape index (κ3) is 20.2. The molecule has 1 radical (unpaired) electrons. The van der Waals surface area contributed by atoms with E-state index in [4.69, 9.17) is 4.74 Å². The maximum Gasteiger partial charge on any atom is 0.220 e. The molecular formula is C15H30BN2O2S3. The molecule has 0 aliphatic carbocycles. The molecule has 0 heterocycles. The van der Waals surface area contributed by atoms with Crippen LogP contribution in [-0.2, 0) is 9.53 Å². The molecule has 0 saturated carbocycles. The number of amides is 1. The van der Waals surface area contributed by atoms with Crippen LogP contribution in [0.25, 0.3) is 0 Å². The maximum absolute atomic E-state index is 11.5. The van der Waals surface area contributed by atoms with E-state index in [9.17, 15) is 4.79 Å². The van der Waals surface area contributed by atoms with Gasteiger partial charge in [-0.25, -0.2) is 0 Å². The number of carbonyl (C=O) groups is 1. The zero-order valence-electron chi connectivity index (χ0n) is 14.3. The molecule has 133 valence electrons. The van der Waals surface area contributed by atoms with E-state index in [2.05, 4.69) is 37.5 Å². The van der Waals surface area contributed by atoms with Crippen LogP contribution in [0.1, 0.15) is 33.1 Å². The molecule has 0 rings (SSSR count). The number of hydrogen-bond acceptors (Lipinski definition) is 6. The minimum atomic E-state index is 0.113. The summed E-state index contributed by atoms with van der Waals surface area (Å²) >= 11 is 4.25. The van der Waals surface area contributed by atoms with Gasteiger partial charge in [-0.3, -0.25) is 4.79 Å². The molecule has 0 fully saturated rings. The average molecular weight is 377 g/mol.